The van der Waals surface area contributed by atoms with Crippen molar-refractivity contribution >= 4 is 16.6 Å². The number of aromatic nitrogens is 1. The van der Waals surface area contributed by atoms with E-state index >= 15 is 4.39 Å². The van der Waals surface area contributed by atoms with Crippen LogP contribution in [0.25, 0.3) is 10.9 Å². The Morgan fingerprint density at radius 2 is 1.97 bits per heavy atom. The predicted molar refractivity (Wildman–Crippen MR) is 122 cm³/mol. The topological polar surface area (TPSA) is 35.5 Å². The van der Waals surface area contributed by atoms with Crippen LogP contribution in [0.15, 0.2) is 36.7 Å². The molecule has 3 aliphatic rings. The van der Waals surface area contributed by atoms with E-state index in [1.54, 1.807) is 6.08 Å². The van der Waals surface area contributed by atoms with E-state index in [9.17, 15) is 0 Å². The number of aryl methyl sites for hydroxylation is 1. The Labute approximate surface area is 181 Å². The summed E-state index contributed by atoms with van der Waals surface area (Å²) in [5, 5.41) is 7.36. The van der Waals surface area contributed by atoms with Crippen LogP contribution >= 0.6 is 0 Å². The highest BCUT2D eigenvalue weighted by molar-refractivity contribution is 5.95. The average molecular weight is 414 g/mol. The normalized spacial score (nSPS) is 29.2. The van der Waals surface area contributed by atoms with Gasteiger partial charge in [-0.05, 0) is 63.4 Å². The zero-order valence-corrected chi connectivity index (χ0v) is 17.8. The summed E-state index contributed by atoms with van der Waals surface area (Å²) in [7, 11) is 0. The summed E-state index contributed by atoms with van der Waals surface area (Å²) < 4.78 is 33.7. The molecule has 2 N–H and O–H groups in total. The van der Waals surface area contributed by atoms with Crippen LogP contribution in [-0.2, 0) is 0 Å². The third-order valence-corrected chi connectivity index (χ3v) is 6.94. The second kappa shape index (κ2) is 8.33. The van der Waals surface area contributed by atoms with Crippen LogP contribution in [0.1, 0.15) is 40.0 Å². The van der Waals surface area contributed by atoms with Crippen LogP contribution in [0.5, 0.6) is 0 Å². The van der Waals surface area contributed by atoms with Crippen molar-refractivity contribution in [2.75, 3.05) is 50.8 Å². The van der Waals surface area contributed by atoms with Crippen LogP contribution in [0.3, 0.4) is 0 Å². The highest BCUT2D eigenvalue weighted by atomic mass is 19.1. The number of rotatable bonds is 4. The molecule has 0 spiro atoms. The third-order valence-electron chi connectivity index (χ3n) is 6.94. The average Bonchev–Trinajstić information content (AvgIpc) is 3.19. The Hall–Kier alpha value is -1.89. The molecular formula is C24H34FN5. The van der Waals surface area contributed by atoms with Gasteiger partial charge in [-0.1, -0.05) is 12.1 Å². The molecule has 2 saturated heterocycles. The lowest BCUT2D eigenvalue weighted by molar-refractivity contribution is 0.0472. The van der Waals surface area contributed by atoms with Crippen molar-refractivity contribution in [1.29, 1.82) is 0 Å². The van der Waals surface area contributed by atoms with Crippen molar-refractivity contribution in [3.05, 3.63) is 42.2 Å². The SMILES string of the molecule is [2H]C1C=CN(c2c(C)ccc3c2ccn3C2CCN(CC3(F)CCNCC3)CC2)C([2H])N1. The van der Waals surface area contributed by atoms with E-state index in [4.69, 9.17) is 2.74 Å². The molecule has 0 bridgehead atoms. The number of hydrogen-bond acceptors (Lipinski definition) is 4. The Balaban J connectivity index is 1.33. The Morgan fingerprint density at radius 1 is 1.17 bits per heavy atom. The van der Waals surface area contributed by atoms with E-state index < -0.39 is 18.8 Å². The molecule has 162 valence electrons. The molecule has 0 amide bonds. The lowest BCUT2D eigenvalue weighted by Crippen LogP contribution is -2.48. The number of hydrogen-bond donors (Lipinski definition) is 2. The lowest BCUT2D eigenvalue weighted by atomic mass is 9.92. The smallest absolute Gasteiger partial charge is 0.126 e. The van der Waals surface area contributed by atoms with Crippen molar-refractivity contribution in [3.63, 3.8) is 0 Å². The van der Waals surface area contributed by atoms with Gasteiger partial charge in [-0.15, -0.1) is 0 Å². The maximum absolute atomic E-state index is 15.1. The largest absolute Gasteiger partial charge is 0.344 e. The molecule has 5 rings (SSSR count). The van der Waals surface area contributed by atoms with Gasteiger partial charge in [0.1, 0.15) is 5.67 Å². The molecule has 0 saturated carbocycles. The molecule has 30 heavy (non-hydrogen) atoms. The van der Waals surface area contributed by atoms with E-state index in [0.29, 0.717) is 25.4 Å². The lowest BCUT2D eigenvalue weighted by Gasteiger charge is -2.39. The van der Waals surface area contributed by atoms with E-state index in [2.05, 4.69) is 51.4 Å². The molecule has 3 aliphatic heterocycles. The summed E-state index contributed by atoms with van der Waals surface area (Å²) in [4.78, 5) is 4.23. The fourth-order valence-corrected chi connectivity index (χ4v) is 5.28. The van der Waals surface area contributed by atoms with Crippen molar-refractivity contribution in [3.8, 4) is 0 Å². The first-order valence-electron chi connectivity index (χ1n) is 12.4. The van der Waals surface area contributed by atoms with Gasteiger partial charge in [0.05, 0.1) is 19.2 Å². The molecular weight excluding hydrogens is 377 g/mol. The first-order valence-corrected chi connectivity index (χ1v) is 11.2. The fourth-order valence-electron chi connectivity index (χ4n) is 5.28. The van der Waals surface area contributed by atoms with Crippen molar-refractivity contribution < 1.29 is 7.13 Å². The van der Waals surface area contributed by atoms with Crippen molar-refractivity contribution in [2.24, 2.45) is 0 Å². The summed E-state index contributed by atoms with van der Waals surface area (Å²) >= 11 is 0. The van der Waals surface area contributed by atoms with E-state index in [-0.39, 0.29) is 0 Å². The second-order valence-electron chi connectivity index (χ2n) is 9.01. The summed E-state index contributed by atoms with van der Waals surface area (Å²) in [6, 6.07) is 6.87. The first-order chi connectivity index (χ1) is 15.4. The molecule has 2 aromatic rings. The molecule has 2 fully saturated rings. The zero-order chi connectivity index (χ0) is 22.3. The third kappa shape index (κ3) is 3.88. The Bertz CT molecular complexity index is 978. The van der Waals surface area contributed by atoms with Crippen molar-refractivity contribution in [1.82, 2.24) is 20.1 Å². The second-order valence-corrected chi connectivity index (χ2v) is 9.01. The van der Waals surface area contributed by atoms with Crippen molar-refractivity contribution in [2.45, 2.75) is 44.3 Å². The maximum Gasteiger partial charge on any atom is 0.126 e. The number of anilines is 1. The van der Waals surface area contributed by atoms with Crippen LogP contribution in [0, 0.1) is 6.92 Å². The number of nitrogens with zero attached hydrogens (tertiary/aromatic N) is 3. The number of alkyl halides is 1. The number of nitrogens with one attached hydrogen (secondary N) is 2. The maximum atomic E-state index is 15.1. The number of piperidine rings is 2. The monoisotopic (exact) mass is 413 g/mol. The van der Waals surface area contributed by atoms with Gasteiger partial charge in [0.25, 0.3) is 0 Å². The molecule has 0 aliphatic carbocycles. The molecule has 2 atom stereocenters. The fraction of sp³-hybridized carbons (Fsp3) is 0.583. The number of halogens is 1. The Morgan fingerprint density at radius 3 is 2.73 bits per heavy atom. The highest BCUT2D eigenvalue weighted by Crippen LogP contribution is 2.36. The minimum Gasteiger partial charge on any atom is -0.344 e. The first kappa shape index (κ1) is 17.8. The van der Waals surface area contributed by atoms with Gasteiger partial charge >= 0.3 is 0 Å². The minimum absolute atomic E-state index is 0.405. The van der Waals surface area contributed by atoms with Crippen LogP contribution in [0.2, 0.25) is 0 Å². The van der Waals surface area contributed by atoms with Gasteiger partial charge in [-0.2, -0.15) is 0 Å². The summed E-state index contributed by atoms with van der Waals surface area (Å²) in [6.07, 6.45) is 9.09. The quantitative estimate of drug-likeness (QED) is 0.804. The summed E-state index contributed by atoms with van der Waals surface area (Å²) in [6.45, 7) is 4.85. The Kier molecular flexibility index (Phi) is 4.93. The summed E-state index contributed by atoms with van der Waals surface area (Å²) in [5.74, 6) is 0. The highest BCUT2D eigenvalue weighted by Gasteiger charge is 2.35. The molecule has 0 radical (unpaired) electrons. The number of fused-ring (bicyclic) bond motifs is 1. The number of benzene rings is 1. The predicted octanol–water partition coefficient (Wildman–Crippen LogP) is 3.56. The molecule has 2 unspecified atom stereocenters. The van der Waals surface area contributed by atoms with E-state index in [1.165, 1.54) is 5.52 Å². The molecule has 6 heteroatoms. The molecule has 4 heterocycles. The van der Waals surface area contributed by atoms with E-state index in [1.807, 2.05) is 11.1 Å². The van der Waals surface area contributed by atoms with Crippen LogP contribution in [-0.4, -0.2) is 61.0 Å². The standard InChI is InChI=1S/C24H34FN5/c1-19-3-4-22-21(23(19)29-13-2-10-27-18-29)7-16-30(22)20-5-14-28(15-6-20)17-24(25)8-11-26-12-9-24/h2-4,7,13,16,20,26-27H,5-6,8-12,14-15,17-18H2,1H3/i10D,18D. The molecule has 1 aromatic heterocycles. The van der Waals surface area contributed by atoms with Gasteiger partial charge in [0.15, 0.2) is 0 Å². The van der Waals surface area contributed by atoms with Crippen LogP contribution < -0.4 is 15.5 Å². The van der Waals surface area contributed by atoms with Gasteiger partial charge < -0.3 is 19.7 Å². The van der Waals surface area contributed by atoms with Gasteiger partial charge in [-0.3, -0.25) is 5.32 Å². The van der Waals surface area contributed by atoms with E-state index in [0.717, 1.165) is 55.7 Å². The molecule has 1 aromatic carbocycles. The minimum atomic E-state index is -1.04. The van der Waals surface area contributed by atoms with Crippen LogP contribution in [0.4, 0.5) is 10.1 Å². The number of likely N-dealkylation sites (tertiary alicyclic amines) is 1. The van der Waals surface area contributed by atoms with Gasteiger partial charge in [-0.25, -0.2) is 4.39 Å². The van der Waals surface area contributed by atoms with Gasteiger partial charge in [0.2, 0.25) is 0 Å². The summed E-state index contributed by atoms with van der Waals surface area (Å²) in [5.41, 5.74) is 2.29. The van der Waals surface area contributed by atoms with Gasteiger partial charge in [0, 0.05) is 51.4 Å². The molecule has 5 nitrogen and oxygen atoms in total. The zero-order valence-electron chi connectivity index (χ0n) is 19.8.